The SMILES string of the molecule is CC(C)C(NC(=O)C(N)CO)C(=O)NC(Cc1c[nH]c2ccccc12)C(=O)NCC(=O)O. The number of para-hydroxylation sites is 1. The molecule has 3 unspecified atom stereocenters. The van der Waals surface area contributed by atoms with Gasteiger partial charge in [-0.15, -0.1) is 0 Å². The molecule has 2 aromatic rings. The fourth-order valence-corrected chi connectivity index (χ4v) is 3.16. The van der Waals surface area contributed by atoms with Gasteiger partial charge in [-0.3, -0.25) is 19.2 Å². The molecule has 0 aliphatic carbocycles. The van der Waals surface area contributed by atoms with E-state index in [1.807, 2.05) is 24.3 Å². The van der Waals surface area contributed by atoms with E-state index in [4.69, 9.17) is 15.9 Å². The molecule has 0 spiro atoms. The molecular formula is C21H29N5O6. The maximum Gasteiger partial charge on any atom is 0.322 e. The summed E-state index contributed by atoms with van der Waals surface area (Å²) in [4.78, 5) is 51.6. The van der Waals surface area contributed by atoms with Gasteiger partial charge in [0, 0.05) is 23.5 Å². The van der Waals surface area contributed by atoms with Gasteiger partial charge < -0.3 is 36.9 Å². The van der Waals surface area contributed by atoms with Crippen molar-refractivity contribution in [3.8, 4) is 0 Å². The van der Waals surface area contributed by atoms with E-state index < -0.39 is 55.0 Å². The predicted octanol–water partition coefficient (Wildman–Crippen LogP) is -1.14. The summed E-state index contributed by atoms with van der Waals surface area (Å²) in [5.41, 5.74) is 7.11. The second-order valence-corrected chi connectivity index (χ2v) is 7.76. The molecule has 0 bridgehead atoms. The van der Waals surface area contributed by atoms with Crippen molar-refractivity contribution in [3.63, 3.8) is 0 Å². The van der Waals surface area contributed by atoms with Gasteiger partial charge in [-0.1, -0.05) is 32.0 Å². The number of carboxylic acid groups (broad SMARTS) is 1. The Hall–Kier alpha value is -3.44. The zero-order chi connectivity index (χ0) is 23.8. The second-order valence-electron chi connectivity index (χ2n) is 7.76. The zero-order valence-corrected chi connectivity index (χ0v) is 17.9. The largest absolute Gasteiger partial charge is 0.480 e. The molecule has 3 atom stereocenters. The van der Waals surface area contributed by atoms with Crippen molar-refractivity contribution in [1.29, 1.82) is 0 Å². The van der Waals surface area contributed by atoms with Crippen molar-refractivity contribution in [2.24, 2.45) is 11.7 Å². The van der Waals surface area contributed by atoms with Crippen molar-refractivity contribution in [1.82, 2.24) is 20.9 Å². The van der Waals surface area contributed by atoms with Gasteiger partial charge in [0.1, 0.15) is 24.7 Å². The Morgan fingerprint density at radius 1 is 1.06 bits per heavy atom. The van der Waals surface area contributed by atoms with Gasteiger partial charge in [-0.25, -0.2) is 0 Å². The van der Waals surface area contributed by atoms with Crippen molar-refractivity contribution in [2.75, 3.05) is 13.2 Å². The van der Waals surface area contributed by atoms with Gasteiger partial charge in [-0.2, -0.15) is 0 Å². The van der Waals surface area contributed by atoms with Crippen LogP contribution in [0.3, 0.4) is 0 Å². The molecule has 1 aromatic carbocycles. The molecular weight excluding hydrogens is 418 g/mol. The topological polar surface area (TPSA) is 187 Å². The van der Waals surface area contributed by atoms with Crippen molar-refractivity contribution in [3.05, 3.63) is 36.0 Å². The molecule has 1 aromatic heterocycles. The molecule has 32 heavy (non-hydrogen) atoms. The Morgan fingerprint density at radius 2 is 1.75 bits per heavy atom. The second kappa shape index (κ2) is 11.3. The van der Waals surface area contributed by atoms with Crippen LogP contribution in [0.4, 0.5) is 0 Å². The van der Waals surface area contributed by atoms with Crippen LogP contribution in [-0.2, 0) is 25.6 Å². The third kappa shape index (κ3) is 6.53. The number of H-pyrrole nitrogens is 1. The highest BCUT2D eigenvalue weighted by Crippen LogP contribution is 2.19. The van der Waals surface area contributed by atoms with E-state index in [0.29, 0.717) is 0 Å². The number of fused-ring (bicyclic) bond motifs is 1. The van der Waals surface area contributed by atoms with E-state index in [2.05, 4.69) is 20.9 Å². The third-order valence-electron chi connectivity index (χ3n) is 4.93. The molecule has 2 rings (SSSR count). The average molecular weight is 447 g/mol. The van der Waals surface area contributed by atoms with Gasteiger partial charge in [0.15, 0.2) is 0 Å². The lowest BCUT2D eigenvalue weighted by Gasteiger charge is -2.26. The Balaban J connectivity index is 2.23. The van der Waals surface area contributed by atoms with E-state index >= 15 is 0 Å². The number of nitrogens with two attached hydrogens (primary N) is 1. The lowest BCUT2D eigenvalue weighted by molar-refractivity contribution is -0.138. The monoisotopic (exact) mass is 447 g/mol. The van der Waals surface area contributed by atoms with E-state index in [-0.39, 0.29) is 12.3 Å². The third-order valence-corrected chi connectivity index (χ3v) is 4.93. The highest BCUT2D eigenvalue weighted by Gasteiger charge is 2.30. The smallest absolute Gasteiger partial charge is 0.322 e. The number of benzene rings is 1. The molecule has 0 aliphatic heterocycles. The van der Waals surface area contributed by atoms with Gasteiger partial charge in [-0.05, 0) is 17.5 Å². The minimum atomic E-state index is -1.22. The van der Waals surface area contributed by atoms with E-state index in [0.717, 1.165) is 16.5 Å². The van der Waals surface area contributed by atoms with Crippen molar-refractivity contribution in [2.45, 2.75) is 38.4 Å². The Bertz CT molecular complexity index is 972. The number of amides is 3. The molecule has 3 amide bonds. The number of aromatic amines is 1. The number of aliphatic hydroxyl groups is 1. The minimum Gasteiger partial charge on any atom is -0.480 e. The minimum absolute atomic E-state index is 0.0934. The molecule has 11 heteroatoms. The summed E-state index contributed by atoms with van der Waals surface area (Å²) in [6.07, 6.45) is 1.81. The Morgan fingerprint density at radius 3 is 2.38 bits per heavy atom. The molecule has 1 heterocycles. The van der Waals surface area contributed by atoms with Crippen LogP contribution >= 0.6 is 0 Å². The molecule has 11 nitrogen and oxygen atoms in total. The molecule has 0 saturated heterocycles. The number of carbonyl (C=O) groups is 4. The maximum atomic E-state index is 12.9. The lowest BCUT2D eigenvalue weighted by Crippen LogP contribution is -2.58. The fraction of sp³-hybridized carbons (Fsp3) is 0.429. The summed E-state index contributed by atoms with van der Waals surface area (Å²) in [5, 5.41) is 26.2. The highest BCUT2D eigenvalue weighted by atomic mass is 16.4. The quantitative estimate of drug-likeness (QED) is 0.227. The first kappa shape index (κ1) is 24.8. The summed E-state index contributed by atoms with van der Waals surface area (Å²) in [7, 11) is 0. The normalized spacial score (nSPS) is 13.9. The molecule has 8 N–H and O–H groups in total. The zero-order valence-electron chi connectivity index (χ0n) is 17.9. The Kier molecular flexibility index (Phi) is 8.73. The van der Waals surface area contributed by atoms with E-state index in [1.165, 1.54) is 0 Å². The van der Waals surface area contributed by atoms with Crippen LogP contribution in [0.5, 0.6) is 0 Å². The molecule has 0 radical (unpaired) electrons. The number of hydrogen-bond donors (Lipinski definition) is 7. The maximum absolute atomic E-state index is 12.9. The summed E-state index contributed by atoms with van der Waals surface area (Å²) in [6, 6.07) is 4.13. The Labute approximate surface area is 184 Å². The van der Waals surface area contributed by atoms with E-state index in [9.17, 15) is 19.2 Å². The highest BCUT2D eigenvalue weighted by molar-refractivity contribution is 5.94. The number of aromatic nitrogens is 1. The van der Waals surface area contributed by atoms with Crippen LogP contribution in [-0.4, -0.2) is 70.2 Å². The molecule has 0 fully saturated rings. The number of rotatable bonds is 11. The van der Waals surface area contributed by atoms with Crippen molar-refractivity contribution >= 4 is 34.6 Å². The van der Waals surface area contributed by atoms with Gasteiger partial charge in [0.25, 0.3) is 0 Å². The summed E-state index contributed by atoms with van der Waals surface area (Å²) >= 11 is 0. The number of nitrogens with one attached hydrogen (secondary N) is 4. The first-order chi connectivity index (χ1) is 15.1. The van der Waals surface area contributed by atoms with Gasteiger partial charge in [0.05, 0.1) is 6.61 Å². The predicted molar refractivity (Wildman–Crippen MR) is 116 cm³/mol. The van der Waals surface area contributed by atoms with Crippen molar-refractivity contribution < 1.29 is 29.4 Å². The number of aliphatic hydroxyl groups excluding tert-OH is 1. The average Bonchev–Trinajstić information content (AvgIpc) is 3.16. The summed E-state index contributed by atoms with van der Waals surface area (Å²) in [5.74, 6) is -3.58. The first-order valence-corrected chi connectivity index (χ1v) is 10.2. The van der Waals surface area contributed by atoms with Gasteiger partial charge in [0.2, 0.25) is 17.7 Å². The molecule has 174 valence electrons. The number of aliphatic carboxylic acids is 1. The number of hydrogen-bond acceptors (Lipinski definition) is 6. The van der Waals surface area contributed by atoms with Crippen LogP contribution in [0, 0.1) is 5.92 Å². The van der Waals surface area contributed by atoms with E-state index in [1.54, 1.807) is 20.0 Å². The van der Waals surface area contributed by atoms with Crippen LogP contribution in [0.2, 0.25) is 0 Å². The van der Waals surface area contributed by atoms with Gasteiger partial charge >= 0.3 is 5.97 Å². The summed E-state index contributed by atoms with van der Waals surface area (Å²) < 4.78 is 0. The van der Waals surface area contributed by atoms with Crippen LogP contribution in [0.1, 0.15) is 19.4 Å². The van der Waals surface area contributed by atoms with Crippen LogP contribution in [0.15, 0.2) is 30.5 Å². The van der Waals surface area contributed by atoms with Crippen LogP contribution in [0.25, 0.3) is 10.9 Å². The fourth-order valence-electron chi connectivity index (χ4n) is 3.16. The lowest BCUT2D eigenvalue weighted by atomic mass is 10.0. The number of carboxylic acids is 1. The first-order valence-electron chi connectivity index (χ1n) is 10.2. The number of carbonyl (C=O) groups excluding carboxylic acids is 3. The standard InChI is InChI=1S/C21H29N5O6/c1-11(2)18(26-19(30)14(22)10-27)21(32)25-16(20(31)24-9-17(28)29)7-12-8-23-15-6-4-3-5-13(12)15/h3-6,8,11,14,16,18,23,27H,7,9-10,22H2,1-2H3,(H,24,31)(H,25,32)(H,26,30)(H,28,29). The molecule has 0 aliphatic rings. The summed E-state index contributed by atoms with van der Waals surface area (Å²) in [6.45, 7) is 2.22. The van der Waals surface area contributed by atoms with Crippen LogP contribution < -0.4 is 21.7 Å². The molecule has 0 saturated carbocycles.